The van der Waals surface area contributed by atoms with Crippen molar-refractivity contribution in [2.75, 3.05) is 6.61 Å². The summed E-state index contributed by atoms with van der Waals surface area (Å²) in [6.07, 6.45) is 1.74. The van der Waals surface area contributed by atoms with Crippen molar-refractivity contribution in [1.82, 2.24) is 9.97 Å². The van der Waals surface area contributed by atoms with Crippen molar-refractivity contribution in [2.24, 2.45) is 0 Å². The third-order valence-corrected chi connectivity index (χ3v) is 5.40. The van der Waals surface area contributed by atoms with Crippen LogP contribution in [0.25, 0.3) is 22.7 Å². The molecule has 0 radical (unpaired) electrons. The minimum atomic E-state index is 0.374. The van der Waals surface area contributed by atoms with Crippen LogP contribution >= 0.6 is 11.6 Å². The molecule has 1 aromatic heterocycles. The van der Waals surface area contributed by atoms with Gasteiger partial charge >= 0.3 is 0 Å². The molecule has 4 aromatic rings. The molecule has 6 heteroatoms. The van der Waals surface area contributed by atoms with Gasteiger partial charge in [0.15, 0.2) is 11.5 Å². The molecule has 0 saturated carbocycles. The summed E-state index contributed by atoms with van der Waals surface area (Å²) in [7, 11) is 0. The fourth-order valence-corrected chi connectivity index (χ4v) is 3.88. The maximum atomic E-state index is 9.78. The number of hydrogen-bond donors (Lipinski definition) is 1. The van der Waals surface area contributed by atoms with Crippen LogP contribution in [0.4, 0.5) is 0 Å². The second-order valence-corrected chi connectivity index (χ2v) is 8.22. The van der Waals surface area contributed by atoms with Crippen LogP contribution in [0.2, 0.25) is 5.02 Å². The Morgan fingerprint density at radius 1 is 1.09 bits per heavy atom. The topological polar surface area (TPSA) is 70.9 Å². The first kappa shape index (κ1) is 22.4. The zero-order chi connectivity index (χ0) is 23.4. The van der Waals surface area contributed by atoms with Gasteiger partial charge in [0.25, 0.3) is 0 Å². The van der Waals surface area contributed by atoms with E-state index in [1.807, 2.05) is 63.2 Å². The summed E-state index contributed by atoms with van der Waals surface area (Å²) >= 11 is 6.58. The number of nitriles is 1. The third-order valence-electron chi connectivity index (χ3n) is 5.12. The van der Waals surface area contributed by atoms with Crippen LogP contribution < -0.4 is 9.47 Å². The lowest BCUT2D eigenvalue weighted by molar-refractivity contribution is 0.269. The fraction of sp³-hybridized carbons (Fsp3) is 0.185. The number of aryl methyl sites for hydroxylation is 2. The van der Waals surface area contributed by atoms with Gasteiger partial charge in [-0.05, 0) is 67.8 Å². The average Bonchev–Trinajstić information content (AvgIpc) is 3.20. The molecule has 0 aliphatic rings. The molecule has 0 saturated heterocycles. The van der Waals surface area contributed by atoms with Gasteiger partial charge < -0.3 is 14.5 Å². The van der Waals surface area contributed by atoms with Gasteiger partial charge in [-0.1, -0.05) is 47.5 Å². The molecule has 0 aliphatic carbocycles. The Morgan fingerprint density at radius 3 is 2.67 bits per heavy atom. The van der Waals surface area contributed by atoms with E-state index >= 15 is 0 Å². The molecule has 3 aromatic carbocycles. The molecule has 33 heavy (non-hydrogen) atoms. The predicted octanol–water partition coefficient (Wildman–Crippen LogP) is 6.88. The maximum Gasteiger partial charge on any atom is 0.180 e. The monoisotopic (exact) mass is 457 g/mol. The minimum absolute atomic E-state index is 0.374. The summed E-state index contributed by atoms with van der Waals surface area (Å²) in [5, 5.41) is 10.2. The normalized spacial score (nSPS) is 11.4. The Morgan fingerprint density at radius 2 is 1.91 bits per heavy atom. The van der Waals surface area contributed by atoms with E-state index in [1.54, 1.807) is 12.1 Å². The lowest BCUT2D eigenvalue weighted by atomic mass is 10.1. The standard InChI is InChI=1S/C27H24ClN3O2/c1-4-32-25-14-20(13-22(28)26(25)33-16-19-7-5-6-17(2)10-19)12-21(15-29)27-30-23-9-8-18(3)11-24(23)31-27/h5-14H,4,16H2,1-3H3,(H,30,31). The Kier molecular flexibility index (Phi) is 6.67. The van der Waals surface area contributed by atoms with E-state index in [-0.39, 0.29) is 0 Å². The van der Waals surface area contributed by atoms with Gasteiger partial charge in [0.1, 0.15) is 18.5 Å². The number of benzene rings is 3. The first-order valence-electron chi connectivity index (χ1n) is 10.7. The van der Waals surface area contributed by atoms with Crippen LogP contribution in [0.1, 0.15) is 35.0 Å². The second kappa shape index (κ2) is 9.81. The SMILES string of the molecule is CCOc1cc(C=C(C#N)c2nc3ccc(C)cc3[nH]2)cc(Cl)c1OCc1cccc(C)c1. The summed E-state index contributed by atoms with van der Waals surface area (Å²) in [6.45, 7) is 6.79. The Balaban J connectivity index is 1.66. The van der Waals surface area contributed by atoms with Crippen LogP contribution in [-0.2, 0) is 6.61 Å². The number of nitrogens with one attached hydrogen (secondary N) is 1. The van der Waals surface area contributed by atoms with Crippen molar-refractivity contribution in [2.45, 2.75) is 27.4 Å². The molecular weight excluding hydrogens is 434 g/mol. The van der Waals surface area contributed by atoms with Crippen molar-refractivity contribution in [3.63, 3.8) is 0 Å². The summed E-state index contributed by atoms with van der Waals surface area (Å²) in [6, 6.07) is 19.9. The molecular formula is C27H24ClN3O2. The fourth-order valence-electron chi connectivity index (χ4n) is 3.60. The highest BCUT2D eigenvalue weighted by Crippen LogP contribution is 2.38. The number of aromatic nitrogens is 2. The van der Waals surface area contributed by atoms with Crippen LogP contribution in [0, 0.1) is 25.2 Å². The summed E-state index contributed by atoms with van der Waals surface area (Å²) < 4.78 is 11.8. The van der Waals surface area contributed by atoms with Crippen LogP contribution in [-0.4, -0.2) is 16.6 Å². The molecule has 0 spiro atoms. The van der Waals surface area contributed by atoms with Gasteiger partial charge in [-0.15, -0.1) is 0 Å². The second-order valence-electron chi connectivity index (χ2n) is 7.82. The number of nitrogens with zero attached hydrogens (tertiary/aromatic N) is 2. The minimum Gasteiger partial charge on any atom is -0.490 e. The molecule has 5 nitrogen and oxygen atoms in total. The van der Waals surface area contributed by atoms with Crippen molar-refractivity contribution in [3.8, 4) is 17.6 Å². The number of aromatic amines is 1. The van der Waals surface area contributed by atoms with E-state index in [1.165, 1.54) is 0 Å². The predicted molar refractivity (Wildman–Crippen MR) is 132 cm³/mol. The van der Waals surface area contributed by atoms with Gasteiger partial charge in [0.2, 0.25) is 0 Å². The highest BCUT2D eigenvalue weighted by Gasteiger charge is 2.14. The summed E-state index contributed by atoms with van der Waals surface area (Å²) in [5.74, 6) is 1.52. The number of rotatable bonds is 7. The quantitative estimate of drug-likeness (QED) is 0.307. The summed E-state index contributed by atoms with van der Waals surface area (Å²) in [5.41, 5.74) is 6.15. The smallest absolute Gasteiger partial charge is 0.180 e. The van der Waals surface area contributed by atoms with E-state index in [9.17, 15) is 5.26 Å². The van der Waals surface area contributed by atoms with Gasteiger partial charge in [-0.2, -0.15) is 5.26 Å². The number of imidazole rings is 1. The highest BCUT2D eigenvalue weighted by atomic mass is 35.5. The molecule has 0 unspecified atom stereocenters. The highest BCUT2D eigenvalue weighted by molar-refractivity contribution is 6.32. The van der Waals surface area contributed by atoms with Crippen molar-refractivity contribution >= 4 is 34.3 Å². The number of ether oxygens (including phenoxy) is 2. The van der Waals surface area contributed by atoms with E-state index in [2.05, 4.69) is 22.1 Å². The molecule has 0 fully saturated rings. The van der Waals surface area contributed by atoms with Crippen molar-refractivity contribution < 1.29 is 9.47 Å². The molecule has 1 N–H and O–H groups in total. The first-order valence-corrected chi connectivity index (χ1v) is 11.1. The molecule has 0 atom stereocenters. The average molecular weight is 458 g/mol. The van der Waals surface area contributed by atoms with Crippen LogP contribution in [0.15, 0.2) is 54.6 Å². The van der Waals surface area contributed by atoms with E-state index in [4.69, 9.17) is 21.1 Å². The lowest BCUT2D eigenvalue weighted by Gasteiger charge is -2.15. The first-order chi connectivity index (χ1) is 16.0. The number of fused-ring (bicyclic) bond motifs is 1. The summed E-state index contributed by atoms with van der Waals surface area (Å²) in [4.78, 5) is 7.78. The molecule has 166 valence electrons. The number of hydrogen-bond acceptors (Lipinski definition) is 4. The zero-order valence-corrected chi connectivity index (χ0v) is 19.5. The van der Waals surface area contributed by atoms with Gasteiger partial charge in [-0.3, -0.25) is 0 Å². The molecule has 4 rings (SSSR count). The maximum absolute atomic E-state index is 9.78. The molecule has 1 heterocycles. The number of allylic oxidation sites excluding steroid dienone is 1. The molecule has 0 bridgehead atoms. The lowest BCUT2D eigenvalue weighted by Crippen LogP contribution is -2.01. The Bertz CT molecular complexity index is 1380. The molecule has 0 amide bonds. The van der Waals surface area contributed by atoms with Gasteiger partial charge in [-0.25, -0.2) is 4.98 Å². The third kappa shape index (κ3) is 5.19. The van der Waals surface area contributed by atoms with Crippen LogP contribution in [0.3, 0.4) is 0 Å². The number of H-pyrrole nitrogens is 1. The Labute approximate surface area is 198 Å². The number of halogens is 1. The van der Waals surface area contributed by atoms with Crippen LogP contribution in [0.5, 0.6) is 11.5 Å². The molecule has 0 aliphatic heterocycles. The van der Waals surface area contributed by atoms with Crippen molar-refractivity contribution in [1.29, 1.82) is 5.26 Å². The van der Waals surface area contributed by atoms with E-state index in [0.717, 1.165) is 33.3 Å². The van der Waals surface area contributed by atoms with Crippen molar-refractivity contribution in [3.05, 3.63) is 87.7 Å². The Hall–Kier alpha value is -3.75. The van der Waals surface area contributed by atoms with E-state index in [0.29, 0.717) is 41.1 Å². The van der Waals surface area contributed by atoms with Gasteiger partial charge in [0.05, 0.1) is 28.2 Å². The van der Waals surface area contributed by atoms with E-state index < -0.39 is 0 Å². The van der Waals surface area contributed by atoms with Gasteiger partial charge in [0, 0.05) is 0 Å². The zero-order valence-electron chi connectivity index (χ0n) is 18.8. The largest absolute Gasteiger partial charge is 0.490 e.